The summed E-state index contributed by atoms with van der Waals surface area (Å²) in [4.78, 5) is 38.4. The minimum absolute atomic E-state index is 0.0377. The number of non-ortho nitro benzene ring substituents is 1. The lowest BCUT2D eigenvalue weighted by atomic mass is 9.79. The van der Waals surface area contributed by atoms with Gasteiger partial charge in [0, 0.05) is 28.7 Å². The number of hydrogen-bond acceptors (Lipinski definition) is 7. The van der Waals surface area contributed by atoms with Crippen LogP contribution >= 0.6 is 8.15 Å². The summed E-state index contributed by atoms with van der Waals surface area (Å²) in [7, 11) is -1.39. The number of carbonyl (C=O) groups is 2. The molecule has 3 aromatic carbocycles. The maximum atomic E-state index is 13.5. The second-order valence-corrected chi connectivity index (χ2v) is 11.3. The van der Waals surface area contributed by atoms with Crippen LogP contribution in [0.15, 0.2) is 96.4 Å². The van der Waals surface area contributed by atoms with Gasteiger partial charge in [-0.1, -0.05) is 67.6 Å². The van der Waals surface area contributed by atoms with Crippen molar-refractivity contribution in [1.82, 2.24) is 4.90 Å². The Balaban J connectivity index is 1.48. The number of carbonyl (C=O) groups excluding carboxylic acids is 2. The smallest absolute Gasteiger partial charge is 0.358 e. The van der Waals surface area contributed by atoms with Gasteiger partial charge in [-0.25, -0.2) is 4.79 Å². The van der Waals surface area contributed by atoms with Crippen molar-refractivity contribution in [2.45, 2.75) is 32.6 Å². The normalized spacial score (nSPS) is 20.9. The van der Waals surface area contributed by atoms with Crippen LogP contribution in [-0.2, 0) is 25.5 Å². The van der Waals surface area contributed by atoms with E-state index in [1.54, 1.807) is 6.92 Å². The maximum Gasteiger partial charge on any atom is 0.358 e. The molecule has 4 atom stereocenters. The number of amides is 1. The number of hydrogen-bond donors (Lipinski definition) is 1. The van der Waals surface area contributed by atoms with E-state index in [1.807, 2.05) is 67.6 Å². The minimum atomic E-state index is -1.39. The molecule has 1 N–H and O–H groups in total. The molecule has 0 spiro atoms. The van der Waals surface area contributed by atoms with Gasteiger partial charge >= 0.3 is 5.97 Å². The number of aliphatic hydroxyl groups excluding tert-OH is 1. The maximum absolute atomic E-state index is 13.5. The predicted molar refractivity (Wildman–Crippen MR) is 145 cm³/mol. The molecule has 1 amide bonds. The molecule has 2 heterocycles. The fourth-order valence-electron chi connectivity index (χ4n) is 5.04. The third-order valence-electron chi connectivity index (χ3n) is 6.99. The van der Waals surface area contributed by atoms with Crippen molar-refractivity contribution >= 4 is 36.3 Å². The molecule has 1 saturated heterocycles. The van der Waals surface area contributed by atoms with Crippen LogP contribution in [0.25, 0.3) is 0 Å². The second-order valence-electron chi connectivity index (χ2n) is 9.52. The van der Waals surface area contributed by atoms with Crippen LogP contribution in [0.4, 0.5) is 5.69 Å². The van der Waals surface area contributed by atoms with Crippen molar-refractivity contribution in [2.24, 2.45) is 11.8 Å². The number of fused-ring (bicyclic) bond motifs is 1. The number of esters is 1. The van der Waals surface area contributed by atoms with Gasteiger partial charge in [0.15, 0.2) is 5.70 Å². The average molecular weight is 547 g/mol. The average Bonchev–Trinajstić information content (AvgIpc) is 3.18. The molecule has 200 valence electrons. The van der Waals surface area contributed by atoms with Crippen LogP contribution in [0, 0.1) is 22.0 Å². The lowest BCUT2D eigenvalue weighted by molar-refractivity contribution is -0.384. The molecule has 2 aliphatic rings. The zero-order chi connectivity index (χ0) is 27.7. The SMILES string of the molecule is C[C@@H](O)[C@H]1C(=O)N2C(C(=O)OCc3ccc([N+](=O)[O-])cc3)=C(OP(c3ccccc3)c3ccccc3)[C@H](C)[C@H]12. The van der Waals surface area contributed by atoms with Crippen LogP contribution in [0.5, 0.6) is 0 Å². The van der Waals surface area contributed by atoms with Gasteiger partial charge in [0.05, 0.1) is 23.0 Å². The summed E-state index contributed by atoms with van der Waals surface area (Å²) in [6.45, 7) is 3.31. The van der Waals surface area contributed by atoms with Crippen LogP contribution < -0.4 is 10.6 Å². The molecular weight excluding hydrogens is 519 g/mol. The molecule has 0 radical (unpaired) electrons. The highest BCUT2D eigenvalue weighted by Gasteiger charge is 2.61. The van der Waals surface area contributed by atoms with Gasteiger partial charge in [-0.15, -0.1) is 0 Å². The number of nitro groups is 1. The first kappa shape index (κ1) is 26.5. The third-order valence-corrected chi connectivity index (χ3v) is 8.90. The number of nitro benzene ring substituents is 1. The zero-order valence-corrected chi connectivity index (χ0v) is 22.2. The topological polar surface area (TPSA) is 119 Å². The summed E-state index contributed by atoms with van der Waals surface area (Å²) >= 11 is 0. The lowest BCUT2D eigenvalue weighted by Crippen LogP contribution is -2.63. The highest BCUT2D eigenvalue weighted by atomic mass is 31.1. The van der Waals surface area contributed by atoms with Crippen molar-refractivity contribution in [2.75, 3.05) is 0 Å². The molecule has 2 aliphatic heterocycles. The highest BCUT2D eigenvalue weighted by molar-refractivity contribution is 7.68. The number of β-lactam (4-membered cyclic amide) rings is 1. The Kier molecular flexibility index (Phi) is 7.46. The Labute approximate surface area is 226 Å². The van der Waals surface area contributed by atoms with Gasteiger partial charge in [0.25, 0.3) is 5.69 Å². The van der Waals surface area contributed by atoms with E-state index in [9.17, 15) is 24.8 Å². The van der Waals surface area contributed by atoms with Gasteiger partial charge in [0.1, 0.15) is 20.5 Å². The first-order valence-electron chi connectivity index (χ1n) is 12.5. The minimum Gasteiger partial charge on any atom is -0.466 e. The van der Waals surface area contributed by atoms with Crippen LogP contribution in [-0.4, -0.2) is 39.0 Å². The fourth-order valence-corrected chi connectivity index (χ4v) is 6.89. The summed E-state index contributed by atoms with van der Waals surface area (Å²) in [5, 5.41) is 23.1. The highest BCUT2D eigenvalue weighted by Crippen LogP contribution is 2.51. The van der Waals surface area contributed by atoms with Gasteiger partial charge in [-0.3, -0.25) is 19.8 Å². The molecule has 10 heteroatoms. The Morgan fingerprint density at radius 3 is 2.10 bits per heavy atom. The van der Waals surface area contributed by atoms with Crippen LogP contribution in [0.2, 0.25) is 0 Å². The van der Waals surface area contributed by atoms with Crippen molar-refractivity contribution in [3.8, 4) is 0 Å². The third kappa shape index (κ3) is 5.03. The van der Waals surface area contributed by atoms with Gasteiger partial charge in [0.2, 0.25) is 5.91 Å². The Morgan fingerprint density at radius 1 is 1.03 bits per heavy atom. The zero-order valence-electron chi connectivity index (χ0n) is 21.3. The summed E-state index contributed by atoms with van der Waals surface area (Å²) in [6, 6.07) is 24.6. The quantitative estimate of drug-likeness (QED) is 0.143. The molecule has 1 fully saturated rings. The Morgan fingerprint density at radius 2 is 1.59 bits per heavy atom. The molecule has 0 saturated carbocycles. The number of benzene rings is 3. The molecule has 39 heavy (non-hydrogen) atoms. The standard InChI is InChI=1S/C29H27N2O7P/c1-18-25-24(19(2)32)28(33)30(25)26(29(34)37-17-20-13-15-21(16-14-20)31(35)36)27(18)38-39(22-9-5-3-6-10-22)23-11-7-4-8-12-23/h3-16,18-19,24-25,32H,17H2,1-2H3/t18-,19-,24-,25-/m1/s1. The molecule has 0 aromatic heterocycles. The fraction of sp³-hybridized carbons (Fsp3) is 0.241. The van der Waals surface area contributed by atoms with Crippen LogP contribution in [0.3, 0.4) is 0 Å². The van der Waals surface area contributed by atoms with E-state index in [2.05, 4.69) is 0 Å². The van der Waals surface area contributed by atoms with Crippen molar-refractivity contribution in [3.05, 3.63) is 112 Å². The predicted octanol–water partition coefficient (Wildman–Crippen LogP) is 3.77. The van der Waals surface area contributed by atoms with Gasteiger partial charge < -0.3 is 14.4 Å². The monoisotopic (exact) mass is 546 g/mol. The van der Waals surface area contributed by atoms with E-state index in [1.165, 1.54) is 29.2 Å². The molecule has 3 aromatic rings. The summed E-state index contributed by atoms with van der Waals surface area (Å²) in [5.74, 6) is -1.75. The second kappa shape index (κ2) is 11.0. The van der Waals surface area contributed by atoms with Crippen molar-refractivity contribution in [3.63, 3.8) is 0 Å². The van der Waals surface area contributed by atoms with E-state index in [-0.39, 0.29) is 29.8 Å². The number of aliphatic hydroxyl groups is 1. The van der Waals surface area contributed by atoms with Crippen LogP contribution in [0.1, 0.15) is 19.4 Å². The summed E-state index contributed by atoms with van der Waals surface area (Å²) in [5.41, 5.74) is 0.532. The van der Waals surface area contributed by atoms with E-state index >= 15 is 0 Å². The molecule has 5 rings (SSSR count). The van der Waals surface area contributed by atoms with Crippen molar-refractivity contribution < 1.29 is 28.9 Å². The van der Waals surface area contributed by atoms with E-state index in [0.29, 0.717) is 11.3 Å². The van der Waals surface area contributed by atoms with Gasteiger partial charge in [-0.05, 0) is 24.6 Å². The molecule has 9 nitrogen and oxygen atoms in total. The summed E-state index contributed by atoms with van der Waals surface area (Å²) < 4.78 is 12.3. The number of rotatable bonds is 9. The molecule has 0 aliphatic carbocycles. The van der Waals surface area contributed by atoms with Gasteiger partial charge in [-0.2, -0.15) is 0 Å². The Bertz CT molecular complexity index is 1370. The first-order chi connectivity index (χ1) is 18.8. The van der Waals surface area contributed by atoms with Crippen molar-refractivity contribution in [1.29, 1.82) is 0 Å². The van der Waals surface area contributed by atoms with E-state index < -0.39 is 37.1 Å². The van der Waals surface area contributed by atoms with E-state index in [0.717, 1.165) is 10.6 Å². The number of nitrogens with zero attached hydrogens (tertiary/aromatic N) is 2. The molecule has 0 bridgehead atoms. The summed E-state index contributed by atoms with van der Waals surface area (Å²) in [6.07, 6.45) is -0.886. The first-order valence-corrected chi connectivity index (χ1v) is 13.8. The lowest BCUT2D eigenvalue weighted by Gasteiger charge is -2.46. The number of ether oxygens (including phenoxy) is 1. The Hall–Kier alpha value is -4.07. The largest absolute Gasteiger partial charge is 0.466 e. The van der Waals surface area contributed by atoms with E-state index in [4.69, 9.17) is 9.26 Å². The molecule has 0 unspecified atom stereocenters. The molecular formula is C29H27N2O7P.